The number of aromatic nitrogens is 3. The Labute approximate surface area is 224 Å². The summed E-state index contributed by atoms with van der Waals surface area (Å²) >= 11 is 3.55. The number of benzene rings is 1. The summed E-state index contributed by atoms with van der Waals surface area (Å²) in [5.41, 5.74) is 3.18. The van der Waals surface area contributed by atoms with Crippen molar-refractivity contribution in [3.8, 4) is 11.5 Å². The smallest absolute Gasteiger partial charge is 0.317 e. The van der Waals surface area contributed by atoms with Crippen molar-refractivity contribution in [2.75, 3.05) is 25.0 Å². The molecule has 1 fully saturated rings. The van der Waals surface area contributed by atoms with E-state index in [1.807, 2.05) is 37.3 Å². The van der Waals surface area contributed by atoms with E-state index in [1.54, 1.807) is 21.7 Å². The van der Waals surface area contributed by atoms with Crippen molar-refractivity contribution in [1.29, 1.82) is 0 Å². The average Bonchev–Trinajstić information content (AvgIpc) is 3.28. The van der Waals surface area contributed by atoms with Crippen LogP contribution in [0, 0.1) is 0 Å². The van der Waals surface area contributed by atoms with Gasteiger partial charge in [0.1, 0.15) is 17.3 Å². The van der Waals surface area contributed by atoms with Gasteiger partial charge in [-0.3, -0.25) is 0 Å². The number of nitrogens with one attached hydrogen (secondary N) is 2. The number of anilines is 1. The predicted molar refractivity (Wildman–Crippen MR) is 148 cm³/mol. The first-order valence-corrected chi connectivity index (χ1v) is 12.9. The number of hydrogen-bond acceptors (Lipinski definition) is 6. The lowest BCUT2D eigenvalue weighted by molar-refractivity contribution is 0.178. The van der Waals surface area contributed by atoms with Crippen molar-refractivity contribution < 1.29 is 15.0 Å². The predicted octanol–water partition coefficient (Wildman–Crippen LogP) is 5.09. The molecule has 4 N–H and O–H groups in total. The number of aromatic hydroxyl groups is 2. The number of fused-ring (bicyclic) bond motifs is 1. The highest BCUT2D eigenvalue weighted by Gasteiger charge is 2.27. The molecule has 4 rings (SSSR count). The second-order valence-electron chi connectivity index (χ2n) is 8.88. The first kappa shape index (κ1) is 26.3. The number of amides is 2. The number of urea groups is 1. The molecule has 3 heterocycles. The number of nitrogens with zero attached hydrogens (tertiary/aromatic N) is 4. The molecule has 1 aromatic carbocycles. The molecular formula is C27H31BrN6O3. The summed E-state index contributed by atoms with van der Waals surface area (Å²) in [5.74, 6) is 0.791. The van der Waals surface area contributed by atoms with Crippen molar-refractivity contribution in [2.45, 2.75) is 32.2 Å². The van der Waals surface area contributed by atoms with Crippen molar-refractivity contribution >= 4 is 33.4 Å². The van der Waals surface area contributed by atoms with Crippen molar-refractivity contribution in [3.05, 3.63) is 82.6 Å². The fourth-order valence-corrected chi connectivity index (χ4v) is 4.64. The van der Waals surface area contributed by atoms with E-state index in [0.717, 1.165) is 34.4 Å². The normalized spacial score (nSPS) is 16.3. The quantitative estimate of drug-likeness (QED) is 0.282. The van der Waals surface area contributed by atoms with Crippen LogP contribution in [0.4, 0.5) is 10.6 Å². The Hall–Kier alpha value is -3.79. The van der Waals surface area contributed by atoms with Gasteiger partial charge >= 0.3 is 6.03 Å². The molecule has 0 spiro atoms. The van der Waals surface area contributed by atoms with Gasteiger partial charge in [0.25, 0.3) is 0 Å². The minimum absolute atomic E-state index is 0.0239. The van der Waals surface area contributed by atoms with E-state index >= 15 is 0 Å². The van der Waals surface area contributed by atoms with Gasteiger partial charge in [0.05, 0.1) is 16.4 Å². The molecule has 1 aliphatic heterocycles. The molecule has 194 valence electrons. The van der Waals surface area contributed by atoms with Crippen molar-refractivity contribution in [2.24, 2.45) is 0 Å². The zero-order chi connectivity index (χ0) is 26.4. The maximum atomic E-state index is 12.9. The number of halogens is 1. The number of carbonyl (C=O) groups is 1. The topological polar surface area (TPSA) is 115 Å². The Balaban J connectivity index is 1.49. The fourth-order valence-electron chi connectivity index (χ4n) is 4.29. The Morgan fingerprint density at radius 3 is 2.92 bits per heavy atom. The van der Waals surface area contributed by atoms with Crippen LogP contribution in [0.5, 0.6) is 11.5 Å². The third-order valence-corrected chi connectivity index (χ3v) is 6.87. The number of allylic oxidation sites excluding steroid dienone is 3. The Morgan fingerprint density at radius 2 is 2.16 bits per heavy atom. The van der Waals surface area contributed by atoms with Gasteiger partial charge in [-0.1, -0.05) is 30.9 Å². The zero-order valence-electron chi connectivity index (χ0n) is 20.7. The van der Waals surface area contributed by atoms with Crippen molar-refractivity contribution in [1.82, 2.24) is 24.8 Å². The summed E-state index contributed by atoms with van der Waals surface area (Å²) in [6.45, 7) is 7.78. The highest BCUT2D eigenvalue weighted by atomic mass is 79.9. The number of piperidine rings is 1. The van der Waals surface area contributed by atoms with Crippen LogP contribution in [0.25, 0.3) is 5.65 Å². The SMILES string of the molecule is C=C/C(=C\C=C/C)CNc1cc(C2CCCN(C(=O)NCc3ccc(O)cc3O)C2)nc2c(Br)cnn12. The second-order valence-corrected chi connectivity index (χ2v) is 9.73. The van der Waals surface area contributed by atoms with E-state index in [2.05, 4.69) is 38.2 Å². The lowest BCUT2D eigenvalue weighted by Gasteiger charge is -2.32. The molecule has 1 unspecified atom stereocenters. The molecule has 1 aliphatic rings. The minimum Gasteiger partial charge on any atom is -0.508 e. The van der Waals surface area contributed by atoms with E-state index in [4.69, 9.17) is 4.98 Å². The number of rotatable bonds is 8. The van der Waals surface area contributed by atoms with Crippen LogP contribution >= 0.6 is 15.9 Å². The van der Waals surface area contributed by atoms with Crippen LogP contribution in [0.2, 0.25) is 0 Å². The molecule has 37 heavy (non-hydrogen) atoms. The standard InChI is InChI=1S/C27H31BrN6O3/c1-3-5-7-18(4-2)14-29-25-13-23(32-26-22(28)16-31-34(25)26)20-8-6-11-33(17-20)27(37)30-15-19-9-10-21(35)12-24(19)36/h3-5,7,9-10,12-13,16,20,29,35-36H,2,6,8,11,14-15,17H2,1H3,(H,30,37)/b5-3-,18-7+. The van der Waals surface area contributed by atoms with Gasteiger partial charge in [0.15, 0.2) is 5.65 Å². The summed E-state index contributed by atoms with van der Waals surface area (Å²) in [6.07, 6.45) is 11.3. The Morgan fingerprint density at radius 1 is 1.32 bits per heavy atom. The van der Waals surface area contributed by atoms with Crippen LogP contribution in [0.3, 0.4) is 0 Å². The van der Waals surface area contributed by atoms with E-state index in [0.29, 0.717) is 30.8 Å². The summed E-state index contributed by atoms with van der Waals surface area (Å²) in [5, 5.41) is 30.2. The molecule has 1 saturated heterocycles. The number of hydrogen-bond donors (Lipinski definition) is 4. The van der Waals surface area contributed by atoms with E-state index in [1.165, 1.54) is 12.1 Å². The summed E-state index contributed by atoms with van der Waals surface area (Å²) in [7, 11) is 0. The minimum atomic E-state index is -0.202. The number of phenolic OH excluding ortho intramolecular Hbond substituents is 2. The average molecular weight is 567 g/mol. The van der Waals surface area contributed by atoms with Crippen LogP contribution in [-0.2, 0) is 6.54 Å². The van der Waals surface area contributed by atoms with Crippen LogP contribution in [0.1, 0.15) is 36.9 Å². The monoisotopic (exact) mass is 566 g/mol. The van der Waals surface area contributed by atoms with Gasteiger partial charge in [0.2, 0.25) is 0 Å². The first-order chi connectivity index (χ1) is 17.9. The molecular weight excluding hydrogens is 536 g/mol. The maximum Gasteiger partial charge on any atom is 0.317 e. The highest BCUT2D eigenvalue weighted by molar-refractivity contribution is 9.10. The lowest BCUT2D eigenvalue weighted by atomic mass is 9.94. The molecule has 0 saturated carbocycles. The third kappa shape index (κ3) is 6.32. The zero-order valence-corrected chi connectivity index (χ0v) is 22.3. The molecule has 0 radical (unpaired) electrons. The molecule has 0 bridgehead atoms. The van der Waals surface area contributed by atoms with E-state index in [-0.39, 0.29) is 30.0 Å². The largest absolute Gasteiger partial charge is 0.508 e. The fraction of sp³-hybridized carbons (Fsp3) is 0.296. The number of likely N-dealkylation sites (tertiary alicyclic amines) is 1. The summed E-state index contributed by atoms with van der Waals surface area (Å²) < 4.78 is 2.56. The Bertz CT molecular complexity index is 1350. The molecule has 2 amide bonds. The maximum absolute atomic E-state index is 12.9. The van der Waals surface area contributed by atoms with E-state index < -0.39 is 0 Å². The van der Waals surface area contributed by atoms with Gasteiger partial charge in [-0.2, -0.15) is 9.61 Å². The van der Waals surface area contributed by atoms with Crippen LogP contribution < -0.4 is 10.6 Å². The number of phenols is 2. The van der Waals surface area contributed by atoms with Gasteiger partial charge in [0, 0.05) is 49.8 Å². The van der Waals surface area contributed by atoms with Crippen LogP contribution in [0.15, 0.2) is 71.4 Å². The van der Waals surface area contributed by atoms with Gasteiger partial charge in [-0.15, -0.1) is 0 Å². The second kappa shape index (κ2) is 12.0. The first-order valence-electron chi connectivity index (χ1n) is 12.2. The molecule has 10 heteroatoms. The van der Waals surface area contributed by atoms with E-state index in [9.17, 15) is 15.0 Å². The van der Waals surface area contributed by atoms with Gasteiger partial charge < -0.3 is 25.7 Å². The Kier molecular flexibility index (Phi) is 8.50. The van der Waals surface area contributed by atoms with Gasteiger partial charge in [-0.05, 0) is 53.4 Å². The molecule has 2 aromatic heterocycles. The summed E-state index contributed by atoms with van der Waals surface area (Å²) in [4.78, 5) is 19.6. The summed E-state index contributed by atoms with van der Waals surface area (Å²) in [6, 6.07) is 6.13. The molecule has 9 nitrogen and oxygen atoms in total. The molecule has 1 atom stereocenters. The van der Waals surface area contributed by atoms with Gasteiger partial charge in [-0.25, -0.2) is 9.78 Å². The molecule has 0 aliphatic carbocycles. The van der Waals surface area contributed by atoms with Crippen molar-refractivity contribution in [3.63, 3.8) is 0 Å². The third-order valence-electron chi connectivity index (χ3n) is 6.31. The molecule has 3 aromatic rings. The number of carbonyl (C=O) groups excluding carboxylic acids is 1. The lowest BCUT2D eigenvalue weighted by Crippen LogP contribution is -2.44. The van der Waals surface area contributed by atoms with Crippen LogP contribution in [-0.4, -0.2) is 55.4 Å². The highest BCUT2D eigenvalue weighted by Crippen LogP contribution is 2.30.